The van der Waals surface area contributed by atoms with Crippen molar-refractivity contribution in [2.45, 2.75) is 64.9 Å². The predicted octanol–water partition coefficient (Wildman–Crippen LogP) is 4.04. The van der Waals surface area contributed by atoms with Crippen molar-refractivity contribution >= 4 is 12.0 Å². The van der Waals surface area contributed by atoms with Gasteiger partial charge in [0.15, 0.2) is 0 Å². The van der Waals surface area contributed by atoms with Gasteiger partial charge < -0.3 is 15.4 Å². The van der Waals surface area contributed by atoms with Gasteiger partial charge in [-0.05, 0) is 57.7 Å². The Balaban J connectivity index is 0.000000359. The van der Waals surface area contributed by atoms with Crippen LogP contribution in [0.1, 0.15) is 58.4 Å². The van der Waals surface area contributed by atoms with Crippen LogP contribution >= 0.6 is 0 Å². The van der Waals surface area contributed by atoms with Crippen LogP contribution in [0.25, 0.3) is 0 Å². The Morgan fingerprint density at radius 3 is 2.04 bits per heavy atom. The van der Waals surface area contributed by atoms with Crippen LogP contribution in [0.5, 0.6) is 0 Å². The molecule has 1 aliphatic rings. The second kappa shape index (κ2) is 10.8. The van der Waals surface area contributed by atoms with Crippen LogP contribution in [0.15, 0.2) is 24.3 Å². The number of hydrogen-bond acceptors (Lipinski definition) is 3. The molecule has 0 bridgehead atoms. The van der Waals surface area contributed by atoms with Crippen molar-refractivity contribution in [2.75, 3.05) is 13.1 Å². The number of nitrogens with zero attached hydrogens (tertiary/aromatic N) is 1. The van der Waals surface area contributed by atoms with Gasteiger partial charge in [-0.25, -0.2) is 9.18 Å². The van der Waals surface area contributed by atoms with Crippen molar-refractivity contribution in [3.05, 3.63) is 35.6 Å². The molecular formula is C20H31FN2O3. The molecule has 1 aromatic carbocycles. The second-order valence-corrected chi connectivity index (χ2v) is 7.45. The van der Waals surface area contributed by atoms with Crippen molar-refractivity contribution < 1.29 is 18.7 Å². The minimum absolute atomic E-state index is 0.224. The first kappa shape index (κ1) is 21.9. The lowest BCUT2D eigenvalue weighted by atomic mass is 10.1. The number of ether oxygens (including phenoxy) is 1. The van der Waals surface area contributed by atoms with Crippen LogP contribution in [-0.4, -0.2) is 35.6 Å². The lowest BCUT2D eigenvalue weighted by Gasteiger charge is -2.20. The SMILES string of the molecule is CC(C)(C)OC(N)=O.O=C(CCc1ccc(F)cc1)N1CCCCCC1. The van der Waals surface area contributed by atoms with E-state index in [-0.39, 0.29) is 11.7 Å². The Labute approximate surface area is 155 Å². The molecule has 1 fully saturated rings. The van der Waals surface area contributed by atoms with Crippen LogP contribution in [-0.2, 0) is 16.0 Å². The maximum absolute atomic E-state index is 12.7. The Morgan fingerprint density at radius 1 is 1.08 bits per heavy atom. The number of benzene rings is 1. The molecule has 0 aromatic heterocycles. The Kier molecular flexibility index (Phi) is 9.10. The topological polar surface area (TPSA) is 72.6 Å². The molecule has 0 saturated carbocycles. The molecule has 0 radical (unpaired) electrons. The number of nitrogens with two attached hydrogens (primary N) is 1. The minimum atomic E-state index is -0.725. The number of hydrogen-bond donors (Lipinski definition) is 1. The molecule has 1 aliphatic heterocycles. The number of halogens is 1. The molecule has 6 heteroatoms. The van der Waals surface area contributed by atoms with E-state index in [4.69, 9.17) is 5.73 Å². The van der Waals surface area contributed by atoms with Gasteiger partial charge in [-0.15, -0.1) is 0 Å². The number of aryl methyl sites for hydroxylation is 1. The molecule has 1 saturated heterocycles. The summed E-state index contributed by atoms with van der Waals surface area (Å²) in [5.74, 6) is 0.0128. The molecule has 0 unspecified atom stereocenters. The van der Waals surface area contributed by atoms with Crippen molar-refractivity contribution in [1.82, 2.24) is 4.90 Å². The molecule has 2 amide bonds. The zero-order valence-corrected chi connectivity index (χ0v) is 16.1. The first-order valence-corrected chi connectivity index (χ1v) is 9.18. The average Bonchev–Trinajstić information content (AvgIpc) is 2.81. The second-order valence-electron chi connectivity index (χ2n) is 7.45. The van der Waals surface area contributed by atoms with Gasteiger partial charge in [0.2, 0.25) is 5.91 Å². The summed E-state index contributed by atoms with van der Waals surface area (Å²) in [4.78, 5) is 24.0. The van der Waals surface area contributed by atoms with Crippen molar-refractivity contribution in [2.24, 2.45) is 5.73 Å². The van der Waals surface area contributed by atoms with E-state index in [1.807, 2.05) is 4.90 Å². The molecule has 5 nitrogen and oxygen atoms in total. The number of carbonyl (C=O) groups is 2. The summed E-state index contributed by atoms with van der Waals surface area (Å²) in [5, 5.41) is 0. The van der Waals surface area contributed by atoms with Crippen LogP contribution in [0.3, 0.4) is 0 Å². The lowest BCUT2D eigenvalue weighted by Crippen LogP contribution is -2.31. The maximum atomic E-state index is 12.7. The van der Waals surface area contributed by atoms with E-state index in [2.05, 4.69) is 4.74 Å². The number of amides is 2. The summed E-state index contributed by atoms with van der Waals surface area (Å²) in [7, 11) is 0. The molecule has 1 aromatic rings. The van der Waals surface area contributed by atoms with Gasteiger partial charge in [0.05, 0.1) is 0 Å². The fourth-order valence-electron chi connectivity index (χ4n) is 2.68. The molecule has 1 heterocycles. The van der Waals surface area contributed by atoms with Gasteiger partial charge in [-0.3, -0.25) is 4.79 Å². The normalized spacial score (nSPS) is 14.7. The van der Waals surface area contributed by atoms with E-state index in [9.17, 15) is 14.0 Å². The Bertz CT molecular complexity index is 559. The molecule has 26 heavy (non-hydrogen) atoms. The highest BCUT2D eigenvalue weighted by atomic mass is 19.1. The highest BCUT2D eigenvalue weighted by Crippen LogP contribution is 2.12. The zero-order chi connectivity index (χ0) is 19.6. The summed E-state index contributed by atoms with van der Waals surface area (Å²) in [5.41, 5.74) is 5.29. The lowest BCUT2D eigenvalue weighted by molar-refractivity contribution is -0.131. The van der Waals surface area contributed by atoms with Gasteiger partial charge in [0.1, 0.15) is 11.4 Å². The van der Waals surface area contributed by atoms with E-state index < -0.39 is 11.7 Å². The van der Waals surface area contributed by atoms with E-state index in [1.165, 1.54) is 25.0 Å². The largest absolute Gasteiger partial charge is 0.444 e. The van der Waals surface area contributed by atoms with E-state index in [0.29, 0.717) is 12.8 Å². The molecule has 2 rings (SSSR count). The Morgan fingerprint density at radius 2 is 1.62 bits per heavy atom. The van der Waals surface area contributed by atoms with Crippen molar-refractivity contribution in [3.8, 4) is 0 Å². The van der Waals surface area contributed by atoms with Gasteiger partial charge in [-0.1, -0.05) is 25.0 Å². The van der Waals surface area contributed by atoms with E-state index >= 15 is 0 Å². The number of rotatable bonds is 3. The summed E-state index contributed by atoms with van der Waals surface area (Å²) in [6, 6.07) is 6.41. The molecule has 0 spiro atoms. The van der Waals surface area contributed by atoms with Gasteiger partial charge >= 0.3 is 6.09 Å². The third-order valence-electron chi connectivity index (χ3n) is 3.91. The van der Waals surface area contributed by atoms with Gasteiger partial charge in [0, 0.05) is 19.5 Å². The average molecular weight is 366 g/mol. The summed E-state index contributed by atoms with van der Waals surface area (Å²) in [6.07, 6.45) is 5.24. The van der Waals surface area contributed by atoms with Crippen LogP contribution in [0.2, 0.25) is 0 Å². The van der Waals surface area contributed by atoms with Gasteiger partial charge in [0.25, 0.3) is 0 Å². The van der Waals surface area contributed by atoms with Crippen LogP contribution < -0.4 is 5.73 Å². The van der Waals surface area contributed by atoms with Crippen molar-refractivity contribution in [3.63, 3.8) is 0 Å². The summed E-state index contributed by atoms with van der Waals surface area (Å²) >= 11 is 0. The molecular weight excluding hydrogens is 335 g/mol. The van der Waals surface area contributed by atoms with Crippen LogP contribution in [0.4, 0.5) is 9.18 Å². The smallest absolute Gasteiger partial charge is 0.405 e. The Hall–Kier alpha value is -2.11. The fraction of sp³-hybridized carbons (Fsp3) is 0.600. The highest BCUT2D eigenvalue weighted by Gasteiger charge is 2.15. The van der Waals surface area contributed by atoms with E-state index in [0.717, 1.165) is 31.5 Å². The molecule has 0 atom stereocenters. The quantitative estimate of drug-likeness (QED) is 0.877. The zero-order valence-electron chi connectivity index (χ0n) is 16.1. The molecule has 2 N–H and O–H groups in total. The standard InChI is InChI=1S/C15H20FNO.C5H11NO2/c16-14-8-5-13(6-9-14)7-10-15(18)17-11-3-1-2-4-12-17;1-5(2,3)8-4(6)7/h5-6,8-9H,1-4,7,10-12H2;1-3H3,(H2,6,7). The molecule has 146 valence electrons. The fourth-order valence-corrected chi connectivity index (χ4v) is 2.68. The highest BCUT2D eigenvalue weighted by molar-refractivity contribution is 5.76. The monoisotopic (exact) mass is 366 g/mol. The third-order valence-corrected chi connectivity index (χ3v) is 3.91. The summed E-state index contributed by atoms with van der Waals surface area (Å²) < 4.78 is 17.3. The number of carbonyl (C=O) groups excluding carboxylic acids is 2. The predicted molar refractivity (Wildman–Crippen MR) is 100 cm³/mol. The first-order valence-electron chi connectivity index (χ1n) is 9.18. The maximum Gasteiger partial charge on any atom is 0.405 e. The van der Waals surface area contributed by atoms with Crippen molar-refractivity contribution in [1.29, 1.82) is 0 Å². The van der Waals surface area contributed by atoms with E-state index in [1.54, 1.807) is 32.9 Å². The van der Waals surface area contributed by atoms with Crippen LogP contribution in [0, 0.1) is 5.82 Å². The summed E-state index contributed by atoms with van der Waals surface area (Å²) in [6.45, 7) is 7.10. The van der Waals surface area contributed by atoms with Gasteiger partial charge in [-0.2, -0.15) is 0 Å². The number of likely N-dealkylation sites (tertiary alicyclic amines) is 1. The number of primary amides is 1. The third kappa shape index (κ3) is 10.0. The molecule has 0 aliphatic carbocycles. The first-order chi connectivity index (χ1) is 12.2. The minimum Gasteiger partial charge on any atom is -0.444 e.